The predicted molar refractivity (Wildman–Crippen MR) is 302 cm³/mol. The van der Waals surface area contributed by atoms with E-state index in [4.69, 9.17) is 0 Å². The lowest BCUT2D eigenvalue weighted by molar-refractivity contribution is 1.11. The lowest BCUT2D eigenvalue weighted by Crippen LogP contribution is -1.98. The highest BCUT2D eigenvalue weighted by atomic mass is 14.3. The fourth-order valence-corrected chi connectivity index (χ4v) is 13.3. The third-order valence-corrected chi connectivity index (χ3v) is 16.3. The van der Waals surface area contributed by atoms with Crippen LogP contribution in [0, 0.1) is 0 Å². The van der Waals surface area contributed by atoms with Crippen molar-refractivity contribution in [3.8, 4) is 89.0 Å². The van der Waals surface area contributed by atoms with Crippen molar-refractivity contribution in [3.05, 3.63) is 216 Å². The summed E-state index contributed by atoms with van der Waals surface area (Å²) in [7, 11) is 0. The second kappa shape index (κ2) is 15.7. The molecule has 0 radical (unpaired) electrons. The lowest BCUT2D eigenvalue weighted by atomic mass is 9.84. The van der Waals surface area contributed by atoms with Gasteiger partial charge in [-0.15, -0.1) is 0 Å². The van der Waals surface area contributed by atoms with Crippen molar-refractivity contribution in [1.82, 2.24) is 0 Å². The first-order valence-corrected chi connectivity index (χ1v) is 25.6. The third kappa shape index (κ3) is 5.65. The molecule has 0 N–H and O–H groups in total. The molecule has 332 valence electrons. The van der Waals surface area contributed by atoms with Gasteiger partial charge in [-0.05, 0) is 191 Å². The zero-order chi connectivity index (χ0) is 46.8. The van der Waals surface area contributed by atoms with Gasteiger partial charge in [-0.25, -0.2) is 0 Å². The number of hydrogen-bond donors (Lipinski definition) is 0. The monoisotopic (exact) mass is 892 g/mol. The number of hydrogen-bond acceptors (Lipinski definition) is 0. The van der Waals surface area contributed by atoms with Crippen molar-refractivity contribution in [1.29, 1.82) is 0 Å². The molecule has 2 aliphatic carbocycles. The molecule has 12 aromatic carbocycles. The van der Waals surface area contributed by atoms with Crippen LogP contribution in [0.5, 0.6) is 0 Å². The lowest BCUT2D eigenvalue weighted by Gasteiger charge is -2.20. The quantitative estimate of drug-likeness (QED) is 0.143. The molecule has 0 aliphatic heterocycles. The van der Waals surface area contributed by atoms with E-state index >= 15 is 0 Å². The maximum Gasteiger partial charge on any atom is -0.00199 e. The van der Waals surface area contributed by atoms with Crippen molar-refractivity contribution in [2.45, 2.75) is 53.4 Å². The van der Waals surface area contributed by atoms with Gasteiger partial charge in [-0.3, -0.25) is 0 Å². The minimum absolute atomic E-state index is 0.961. The van der Waals surface area contributed by atoms with E-state index < -0.39 is 0 Å². The molecular weight excluding hydrogens is 841 g/mol. The van der Waals surface area contributed by atoms with Crippen molar-refractivity contribution < 1.29 is 0 Å². The first-order chi connectivity index (χ1) is 34.6. The number of aryl methyl sites for hydroxylation is 2. The van der Waals surface area contributed by atoms with Crippen LogP contribution in [0.2, 0.25) is 0 Å². The molecule has 0 amide bonds. The molecule has 0 heterocycles. The average molecular weight is 893 g/mol. The van der Waals surface area contributed by atoms with E-state index in [1.165, 1.54) is 165 Å². The summed E-state index contributed by atoms with van der Waals surface area (Å²) in [4.78, 5) is 0. The van der Waals surface area contributed by atoms with Gasteiger partial charge in [0, 0.05) is 0 Å². The average Bonchev–Trinajstić information content (AvgIpc) is 3.94. The van der Waals surface area contributed by atoms with Gasteiger partial charge in [0.05, 0.1) is 0 Å². The van der Waals surface area contributed by atoms with Crippen LogP contribution in [0.1, 0.15) is 49.9 Å². The van der Waals surface area contributed by atoms with E-state index in [0.717, 1.165) is 25.7 Å². The minimum Gasteiger partial charge on any atom is -0.0616 e. The Morgan fingerprint density at radius 3 is 0.943 bits per heavy atom. The number of rotatable bonds is 8. The van der Waals surface area contributed by atoms with Gasteiger partial charge in [-0.2, -0.15) is 0 Å². The molecular formula is C70H52. The smallest absolute Gasteiger partial charge is 0.00199 e. The van der Waals surface area contributed by atoms with Crippen LogP contribution < -0.4 is 0 Å². The summed E-state index contributed by atoms with van der Waals surface area (Å²) in [5.74, 6) is 0. The second-order valence-corrected chi connectivity index (χ2v) is 19.6. The Morgan fingerprint density at radius 2 is 0.529 bits per heavy atom. The maximum absolute atomic E-state index is 2.52. The second-order valence-electron chi connectivity index (χ2n) is 19.6. The molecule has 0 atom stereocenters. The molecule has 0 saturated heterocycles. The SMILES string of the molecule is CCc1cc(-c2cccc3ccccc23)c(CC)c2c1-c1ccc(-c3ccc(-c4ccc5c6c(cccc46)-c4c(CC)c(-c6cccc7ccccc67)cc(CC)c4-5)c4ccccc34)c3cccc-2c13. The van der Waals surface area contributed by atoms with Crippen LogP contribution in [-0.4, -0.2) is 0 Å². The van der Waals surface area contributed by atoms with Crippen molar-refractivity contribution in [3.63, 3.8) is 0 Å². The third-order valence-electron chi connectivity index (χ3n) is 16.3. The van der Waals surface area contributed by atoms with Gasteiger partial charge >= 0.3 is 0 Å². The van der Waals surface area contributed by atoms with Crippen LogP contribution in [0.3, 0.4) is 0 Å². The molecule has 0 nitrogen and oxygen atoms in total. The minimum atomic E-state index is 0.961. The molecule has 14 rings (SSSR count). The first-order valence-electron chi connectivity index (χ1n) is 25.6. The predicted octanol–water partition coefficient (Wildman–Crippen LogP) is 19.7. The molecule has 0 unspecified atom stereocenters. The summed E-state index contributed by atoms with van der Waals surface area (Å²) in [6.07, 6.45) is 3.87. The fraction of sp³-hybridized carbons (Fsp3) is 0.114. The Balaban J connectivity index is 0.936. The number of benzene rings is 12. The van der Waals surface area contributed by atoms with E-state index in [9.17, 15) is 0 Å². The number of fused-ring (bicyclic) bond motifs is 9. The maximum atomic E-state index is 2.52. The van der Waals surface area contributed by atoms with Crippen molar-refractivity contribution in [2.75, 3.05) is 0 Å². The summed E-state index contributed by atoms with van der Waals surface area (Å²) in [6.45, 7) is 9.33. The van der Waals surface area contributed by atoms with Gasteiger partial charge in [0.25, 0.3) is 0 Å². The highest BCUT2D eigenvalue weighted by Crippen LogP contribution is 2.57. The van der Waals surface area contributed by atoms with Crippen LogP contribution in [0.4, 0.5) is 0 Å². The molecule has 0 saturated carbocycles. The Labute approximate surface area is 410 Å². The van der Waals surface area contributed by atoms with Crippen molar-refractivity contribution >= 4 is 53.9 Å². The Morgan fingerprint density at radius 1 is 0.229 bits per heavy atom. The highest BCUT2D eigenvalue weighted by Gasteiger charge is 2.32. The van der Waals surface area contributed by atoms with Crippen LogP contribution in [0.25, 0.3) is 143 Å². The van der Waals surface area contributed by atoms with E-state index in [-0.39, 0.29) is 0 Å². The summed E-state index contributed by atoms with van der Waals surface area (Å²) in [5, 5.41) is 13.2. The van der Waals surface area contributed by atoms with Gasteiger partial charge in [-0.1, -0.05) is 222 Å². The van der Waals surface area contributed by atoms with E-state index in [0.29, 0.717) is 0 Å². The summed E-state index contributed by atoms with van der Waals surface area (Å²) >= 11 is 0. The molecule has 2 aliphatic rings. The van der Waals surface area contributed by atoms with Gasteiger partial charge in [0.2, 0.25) is 0 Å². The van der Waals surface area contributed by atoms with Gasteiger partial charge < -0.3 is 0 Å². The van der Waals surface area contributed by atoms with Crippen LogP contribution in [0.15, 0.2) is 194 Å². The largest absolute Gasteiger partial charge is 0.0616 e. The topological polar surface area (TPSA) is 0 Å². The Kier molecular flexibility index (Phi) is 9.21. The van der Waals surface area contributed by atoms with Gasteiger partial charge in [0.15, 0.2) is 0 Å². The molecule has 12 aromatic rings. The van der Waals surface area contributed by atoms with Crippen molar-refractivity contribution in [2.24, 2.45) is 0 Å². The molecule has 0 bridgehead atoms. The van der Waals surface area contributed by atoms with Gasteiger partial charge in [0.1, 0.15) is 0 Å². The van der Waals surface area contributed by atoms with E-state index in [1.54, 1.807) is 0 Å². The Bertz CT molecular complexity index is 3930. The highest BCUT2D eigenvalue weighted by molar-refractivity contribution is 6.24. The zero-order valence-electron chi connectivity index (χ0n) is 40.3. The van der Waals surface area contributed by atoms with Crippen LogP contribution in [-0.2, 0) is 25.7 Å². The first kappa shape index (κ1) is 41.0. The summed E-state index contributed by atoms with van der Waals surface area (Å²) in [5.41, 5.74) is 27.5. The molecule has 0 spiro atoms. The standard InChI is InChI=1S/C70H52/c1-5-41-39-63(49-27-15-21-43-19-9-11-23-47(43)49)45(7-3)69-59-31-17-29-57-55(35-37-61(65(41)69)67(57)59)53-33-34-54(52-26-14-13-25-51(52)53)56-36-38-62-66-42(6-2)40-64(50-28-16-22-44-20-10-12-24-48(44)50)46(8-4)70(66)60-32-18-30-58(56)68(60)62/h9-40H,5-8H2,1-4H3. The normalized spacial score (nSPS) is 12.2. The van der Waals surface area contributed by atoms with Crippen LogP contribution >= 0.6 is 0 Å². The fourth-order valence-electron chi connectivity index (χ4n) is 13.3. The molecule has 0 heteroatoms. The molecule has 0 aromatic heterocycles. The van der Waals surface area contributed by atoms with E-state index in [1.807, 2.05) is 0 Å². The molecule has 70 heavy (non-hydrogen) atoms. The zero-order valence-corrected chi connectivity index (χ0v) is 40.3. The summed E-state index contributed by atoms with van der Waals surface area (Å²) < 4.78 is 0. The summed E-state index contributed by atoms with van der Waals surface area (Å²) in [6, 6.07) is 74.1. The Hall–Kier alpha value is -8.06. The van der Waals surface area contributed by atoms with E-state index in [2.05, 4.69) is 222 Å². The molecule has 0 fully saturated rings.